The zero-order chi connectivity index (χ0) is 13.2. The molecule has 1 saturated heterocycles. The summed E-state index contributed by atoms with van der Waals surface area (Å²) >= 11 is 0. The summed E-state index contributed by atoms with van der Waals surface area (Å²) < 4.78 is 31.5. The van der Waals surface area contributed by atoms with Crippen LogP contribution in [-0.4, -0.2) is 23.2 Å². The van der Waals surface area contributed by atoms with Crippen LogP contribution in [0, 0.1) is 11.6 Å². The monoisotopic (exact) mass is 265 g/mol. The molecule has 1 N–H and O–H groups in total. The zero-order valence-corrected chi connectivity index (χ0v) is 10.2. The summed E-state index contributed by atoms with van der Waals surface area (Å²) in [6.45, 7) is 1.78. The van der Waals surface area contributed by atoms with Gasteiger partial charge in [-0.25, -0.2) is 8.78 Å². The predicted molar refractivity (Wildman–Crippen MR) is 64.5 cm³/mol. The van der Waals surface area contributed by atoms with Crippen molar-refractivity contribution in [3.63, 3.8) is 0 Å². The summed E-state index contributed by atoms with van der Waals surface area (Å²) in [6.07, 6.45) is 2.03. The minimum atomic E-state index is -0.652. The maximum Gasteiger partial charge on any atom is 0.231 e. The molecule has 2 heterocycles. The molecular weight excluding hydrogens is 252 g/mol. The zero-order valence-electron chi connectivity index (χ0n) is 10.2. The molecule has 0 spiro atoms. The molecule has 0 bridgehead atoms. The number of nitrogens with one attached hydrogen (secondary N) is 1. The van der Waals surface area contributed by atoms with Crippen LogP contribution in [0.2, 0.25) is 0 Å². The summed E-state index contributed by atoms with van der Waals surface area (Å²) in [5, 5.41) is 7.05. The molecule has 4 nitrogen and oxygen atoms in total. The Morgan fingerprint density at radius 2 is 2.00 bits per heavy atom. The third kappa shape index (κ3) is 2.63. The Bertz CT molecular complexity index is 559. The first-order valence-electron chi connectivity index (χ1n) is 6.23. The highest BCUT2D eigenvalue weighted by atomic mass is 19.1. The first kappa shape index (κ1) is 12.2. The van der Waals surface area contributed by atoms with Crippen molar-refractivity contribution in [3.05, 3.63) is 35.7 Å². The molecule has 1 aliphatic heterocycles. The second-order valence-corrected chi connectivity index (χ2v) is 4.66. The second kappa shape index (κ2) is 5.05. The first-order chi connectivity index (χ1) is 9.22. The molecule has 0 saturated carbocycles. The molecule has 6 heteroatoms. The van der Waals surface area contributed by atoms with E-state index in [1.807, 2.05) is 0 Å². The van der Waals surface area contributed by atoms with E-state index in [2.05, 4.69) is 15.5 Å². The van der Waals surface area contributed by atoms with Crippen molar-refractivity contribution in [2.75, 3.05) is 13.1 Å². The topological polar surface area (TPSA) is 51.0 Å². The first-order valence-corrected chi connectivity index (χ1v) is 6.23. The molecule has 1 atom stereocenters. The average molecular weight is 265 g/mol. The van der Waals surface area contributed by atoms with Crippen molar-refractivity contribution in [2.24, 2.45) is 0 Å². The summed E-state index contributed by atoms with van der Waals surface area (Å²) in [4.78, 5) is 4.24. The van der Waals surface area contributed by atoms with Gasteiger partial charge in [0.15, 0.2) is 0 Å². The van der Waals surface area contributed by atoms with E-state index < -0.39 is 11.6 Å². The van der Waals surface area contributed by atoms with Crippen LogP contribution in [0.25, 0.3) is 11.4 Å². The molecule has 0 amide bonds. The molecule has 19 heavy (non-hydrogen) atoms. The molecular formula is C13H13F2N3O. The van der Waals surface area contributed by atoms with E-state index in [-0.39, 0.29) is 17.3 Å². The Morgan fingerprint density at radius 3 is 2.68 bits per heavy atom. The summed E-state index contributed by atoms with van der Waals surface area (Å²) in [5.41, 5.74) is 0.288. The van der Waals surface area contributed by atoms with Crippen LogP contribution in [0.1, 0.15) is 24.7 Å². The van der Waals surface area contributed by atoms with Gasteiger partial charge in [-0.1, -0.05) is 5.16 Å². The maximum absolute atomic E-state index is 13.1. The van der Waals surface area contributed by atoms with Gasteiger partial charge in [0.05, 0.1) is 5.92 Å². The molecule has 0 radical (unpaired) electrons. The lowest BCUT2D eigenvalue weighted by Gasteiger charge is -2.18. The number of piperidine rings is 1. The highest BCUT2D eigenvalue weighted by molar-refractivity contribution is 5.54. The third-order valence-electron chi connectivity index (χ3n) is 3.21. The number of hydrogen-bond acceptors (Lipinski definition) is 4. The van der Waals surface area contributed by atoms with Crippen LogP contribution in [0.4, 0.5) is 8.78 Å². The van der Waals surface area contributed by atoms with Crippen molar-refractivity contribution in [1.29, 1.82) is 0 Å². The van der Waals surface area contributed by atoms with Crippen LogP contribution < -0.4 is 5.32 Å². The van der Waals surface area contributed by atoms with Crippen molar-refractivity contribution >= 4 is 0 Å². The van der Waals surface area contributed by atoms with Crippen LogP contribution >= 0.6 is 0 Å². The van der Waals surface area contributed by atoms with E-state index in [4.69, 9.17) is 4.52 Å². The minimum absolute atomic E-state index is 0.174. The molecule has 3 rings (SSSR count). The van der Waals surface area contributed by atoms with Crippen molar-refractivity contribution in [2.45, 2.75) is 18.8 Å². The van der Waals surface area contributed by atoms with Gasteiger partial charge in [0.2, 0.25) is 11.7 Å². The molecule has 1 aromatic carbocycles. The lowest BCUT2D eigenvalue weighted by atomic mass is 10.00. The fourth-order valence-electron chi connectivity index (χ4n) is 2.26. The summed E-state index contributed by atoms with van der Waals surface area (Å²) in [7, 11) is 0. The summed E-state index contributed by atoms with van der Waals surface area (Å²) in [5.74, 6) is -0.388. The van der Waals surface area contributed by atoms with Gasteiger partial charge < -0.3 is 9.84 Å². The number of nitrogens with zero attached hydrogens (tertiary/aromatic N) is 2. The van der Waals surface area contributed by atoms with Crippen LogP contribution in [0.3, 0.4) is 0 Å². The number of aromatic nitrogens is 2. The van der Waals surface area contributed by atoms with Gasteiger partial charge in [0.25, 0.3) is 0 Å². The molecule has 1 fully saturated rings. The highest BCUT2D eigenvalue weighted by Gasteiger charge is 2.22. The Hall–Kier alpha value is -1.82. The largest absolute Gasteiger partial charge is 0.339 e. The smallest absolute Gasteiger partial charge is 0.231 e. The number of benzene rings is 1. The van der Waals surface area contributed by atoms with Gasteiger partial charge >= 0.3 is 0 Å². The SMILES string of the molecule is Fc1cc(F)cc(-c2noc([C@H]3CCCNC3)n2)c1. The molecule has 1 aliphatic rings. The van der Waals surface area contributed by atoms with Crippen LogP contribution in [0.15, 0.2) is 22.7 Å². The van der Waals surface area contributed by atoms with Crippen LogP contribution in [-0.2, 0) is 0 Å². The van der Waals surface area contributed by atoms with E-state index in [1.54, 1.807) is 0 Å². The normalized spacial score (nSPS) is 19.6. The van der Waals surface area contributed by atoms with Crippen LogP contribution in [0.5, 0.6) is 0 Å². The van der Waals surface area contributed by atoms with Gasteiger partial charge in [-0.2, -0.15) is 4.98 Å². The van der Waals surface area contributed by atoms with E-state index in [1.165, 1.54) is 12.1 Å². The number of hydrogen-bond donors (Lipinski definition) is 1. The van der Waals surface area contributed by atoms with Gasteiger partial charge in [0, 0.05) is 18.2 Å². The minimum Gasteiger partial charge on any atom is -0.339 e. The predicted octanol–water partition coefficient (Wildman–Crippen LogP) is 2.48. The van der Waals surface area contributed by atoms with E-state index in [9.17, 15) is 8.78 Å². The Morgan fingerprint density at radius 1 is 1.21 bits per heavy atom. The second-order valence-electron chi connectivity index (χ2n) is 4.66. The van der Waals surface area contributed by atoms with Gasteiger partial charge in [-0.05, 0) is 31.5 Å². The maximum atomic E-state index is 13.1. The molecule has 2 aromatic rings. The number of rotatable bonds is 2. The Kier molecular flexibility index (Phi) is 3.25. The third-order valence-corrected chi connectivity index (χ3v) is 3.21. The standard InChI is InChI=1S/C13H13F2N3O/c14-10-4-9(5-11(15)6-10)12-17-13(19-18-12)8-2-1-3-16-7-8/h4-6,8,16H,1-3,7H2/t8-/m0/s1. The average Bonchev–Trinajstić information content (AvgIpc) is 2.88. The molecule has 0 unspecified atom stereocenters. The fourth-order valence-corrected chi connectivity index (χ4v) is 2.26. The van der Waals surface area contributed by atoms with E-state index in [0.717, 1.165) is 32.0 Å². The van der Waals surface area contributed by atoms with Gasteiger partial charge in [-0.3, -0.25) is 0 Å². The van der Waals surface area contributed by atoms with Crippen molar-refractivity contribution < 1.29 is 13.3 Å². The number of halogens is 2. The Balaban J connectivity index is 1.87. The van der Waals surface area contributed by atoms with Crippen molar-refractivity contribution in [3.8, 4) is 11.4 Å². The van der Waals surface area contributed by atoms with Gasteiger partial charge in [-0.15, -0.1) is 0 Å². The van der Waals surface area contributed by atoms with E-state index in [0.29, 0.717) is 5.89 Å². The fraction of sp³-hybridized carbons (Fsp3) is 0.385. The summed E-state index contributed by atoms with van der Waals surface area (Å²) in [6, 6.07) is 3.20. The molecule has 1 aromatic heterocycles. The molecule has 0 aliphatic carbocycles. The van der Waals surface area contributed by atoms with Gasteiger partial charge in [0.1, 0.15) is 11.6 Å². The van der Waals surface area contributed by atoms with E-state index >= 15 is 0 Å². The Labute approximate surface area is 108 Å². The quantitative estimate of drug-likeness (QED) is 0.906. The highest BCUT2D eigenvalue weighted by Crippen LogP contribution is 2.25. The van der Waals surface area contributed by atoms with Crippen molar-refractivity contribution in [1.82, 2.24) is 15.5 Å². The lowest BCUT2D eigenvalue weighted by Crippen LogP contribution is -2.28. The molecule has 100 valence electrons. The lowest BCUT2D eigenvalue weighted by molar-refractivity contribution is 0.322.